The Morgan fingerprint density at radius 3 is 2.93 bits per heavy atom. The smallest absolute Gasteiger partial charge is 0.407 e. The van der Waals surface area contributed by atoms with Crippen LogP contribution < -0.4 is 5.32 Å². The average molecular weight is 370 g/mol. The first-order valence-electron chi connectivity index (χ1n) is 9.58. The molecule has 1 spiro atoms. The molecule has 8 nitrogen and oxygen atoms in total. The first kappa shape index (κ1) is 16.5. The summed E-state index contributed by atoms with van der Waals surface area (Å²) in [6.45, 7) is 3.55. The van der Waals surface area contributed by atoms with Crippen LogP contribution in [0.15, 0.2) is 10.6 Å². The zero-order chi connectivity index (χ0) is 18.6. The topological polar surface area (TPSA) is 97.6 Å². The van der Waals surface area contributed by atoms with Crippen molar-refractivity contribution in [2.45, 2.75) is 50.5 Å². The molecular formula is C19H22N4O4. The minimum atomic E-state index is -0.480. The van der Waals surface area contributed by atoms with Crippen molar-refractivity contribution >= 4 is 23.1 Å². The molecule has 2 aliphatic heterocycles. The predicted molar refractivity (Wildman–Crippen MR) is 95.5 cm³/mol. The molecule has 0 aromatic carbocycles. The average Bonchev–Trinajstić information content (AvgIpc) is 3.39. The highest BCUT2D eigenvalue weighted by Gasteiger charge is 2.42. The summed E-state index contributed by atoms with van der Waals surface area (Å²) in [4.78, 5) is 31.3. The molecule has 27 heavy (non-hydrogen) atoms. The van der Waals surface area contributed by atoms with Crippen molar-refractivity contribution in [3.63, 3.8) is 0 Å². The Bertz CT molecular complexity index is 935. The van der Waals surface area contributed by atoms with E-state index in [1.807, 2.05) is 17.9 Å². The SMILES string of the molecule is Cc1noc2nc(C3CC3)cc(C(=O)N3CCCC4(CC3)CNC(=O)O4)c12. The number of carbonyl (C=O) groups excluding carboxylic acids is 2. The maximum absolute atomic E-state index is 13.4. The van der Waals surface area contributed by atoms with Crippen molar-refractivity contribution in [1.82, 2.24) is 20.4 Å². The number of pyridine rings is 1. The van der Waals surface area contributed by atoms with E-state index in [1.165, 1.54) is 0 Å². The van der Waals surface area contributed by atoms with Gasteiger partial charge in [0.15, 0.2) is 0 Å². The molecule has 2 amide bonds. The van der Waals surface area contributed by atoms with Gasteiger partial charge in [-0.3, -0.25) is 4.79 Å². The van der Waals surface area contributed by atoms with Crippen molar-refractivity contribution < 1.29 is 18.8 Å². The van der Waals surface area contributed by atoms with Crippen molar-refractivity contribution in [2.24, 2.45) is 0 Å². The fraction of sp³-hybridized carbons (Fsp3) is 0.579. The third-order valence-electron chi connectivity index (χ3n) is 5.91. The molecule has 2 saturated heterocycles. The maximum atomic E-state index is 13.4. The van der Waals surface area contributed by atoms with Crippen LogP contribution >= 0.6 is 0 Å². The van der Waals surface area contributed by atoms with Crippen LogP contribution in [0, 0.1) is 6.92 Å². The van der Waals surface area contributed by atoms with E-state index in [-0.39, 0.29) is 12.0 Å². The van der Waals surface area contributed by atoms with Crippen LogP contribution in [0.25, 0.3) is 11.1 Å². The van der Waals surface area contributed by atoms with E-state index in [0.29, 0.717) is 54.3 Å². The Morgan fingerprint density at radius 2 is 2.19 bits per heavy atom. The van der Waals surface area contributed by atoms with Crippen LogP contribution in [-0.4, -0.2) is 52.3 Å². The molecule has 1 unspecified atom stereocenters. The Labute approximate surface area is 156 Å². The molecule has 0 bridgehead atoms. The Kier molecular flexibility index (Phi) is 3.63. The highest BCUT2D eigenvalue weighted by atomic mass is 16.6. The van der Waals surface area contributed by atoms with Gasteiger partial charge in [-0.25, -0.2) is 9.78 Å². The summed E-state index contributed by atoms with van der Waals surface area (Å²) in [5.74, 6) is 0.396. The second-order valence-electron chi connectivity index (χ2n) is 7.89. The Balaban J connectivity index is 1.45. The zero-order valence-electron chi connectivity index (χ0n) is 15.3. The van der Waals surface area contributed by atoms with Crippen LogP contribution in [-0.2, 0) is 4.74 Å². The summed E-state index contributed by atoms with van der Waals surface area (Å²) in [5, 5.41) is 7.47. The third kappa shape index (κ3) is 2.83. The van der Waals surface area contributed by atoms with Crippen molar-refractivity contribution in [3.8, 4) is 0 Å². The quantitative estimate of drug-likeness (QED) is 0.872. The van der Waals surface area contributed by atoms with E-state index in [2.05, 4.69) is 15.5 Å². The Morgan fingerprint density at radius 1 is 1.33 bits per heavy atom. The molecular weight excluding hydrogens is 348 g/mol. The van der Waals surface area contributed by atoms with Gasteiger partial charge in [0.1, 0.15) is 5.60 Å². The summed E-state index contributed by atoms with van der Waals surface area (Å²) >= 11 is 0. The summed E-state index contributed by atoms with van der Waals surface area (Å²) in [6, 6.07) is 1.92. The van der Waals surface area contributed by atoms with Crippen molar-refractivity contribution in [1.29, 1.82) is 0 Å². The second kappa shape index (κ2) is 5.94. The molecule has 0 radical (unpaired) electrons. The number of aryl methyl sites for hydroxylation is 1. The molecule has 1 aliphatic carbocycles. The largest absolute Gasteiger partial charge is 0.441 e. The van der Waals surface area contributed by atoms with Crippen LogP contribution in [0.2, 0.25) is 0 Å². The number of ether oxygens (including phenoxy) is 1. The normalized spacial score (nSPS) is 25.5. The lowest BCUT2D eigenvalue weighted by molar-refractivity contribution is 0.0439. The lowest BCUT2D eigenvalue weighted by Crippen LogP contribution is -2.36. The first-order chi connectivity index (χ1) is 13.0. The molecule has 3 aliphatic rings. The van der Waals surface area contributed by atoms with E-state index in [4.69, 9.17) is 9.26 Å². The van der Waals surface area contributed by atoms with E-state index in [0.717, 1.165) is 31.4 Å². The predicted octanol–water partition coefficient (Wildman–Crippen LogP) is 2.51. The monoisotopic (exact) mass is 370 g/mol. The summed E-state index contributed by atoms with van der Waals surface area (Å²) < 4.78 is 10.9. The molecule has 4 heterocycles. The van der Waals surface area contributed by atoms with Gasteiger partial charge in [-0.05, 0) is 38.7 Å². The fourth-order valence-electron chi connectivity index (χ4n) is 4.19. The number of likely N-dealkylation sites (tertiary alicyclic amines) is 1. The fourth-order valence-corrected chi connectivity index (χ4v) is 4.19. The summed E-state index contributed by atoms with van der Waals surface area (Å²) in [5.41, 5.74) is 2.19. The van der Waals surface area contributed by atoms with Crippen LogP contribution in [0.1, 0.15) is 59.8 Å². The molecule has 1 saturated carbocycles. The van der Waals surface area contributed by atoms with Gasteiger partial charge in [0.2, 0.25) is 0 Å². The highest BCUT2D eigenvalue weighted by molar-refractivity contribution is 6.06. The van der Waals surface area contributed by atoms with Gasteiger partial charge in [-0.15, -0.1) is 0 Å². The van der Waals surface area contributed by atoms with Gasteiger partial charge >= 0.3 is 6.09 Å². The van der Waals surface area contributed by atoms with E-state index in [9.17, 15) is 9.59 Å². The number of alkyl carbamates (subject to hydrolysis) is 1. The van der Waals surface area contributed by atoms with Crippen LogP contribution in [0.5, 0.6) is 0 Å². The van der Waals surface area contributed by atoms with Gasteiger partial charge in [-0.1, -0.05) is 5.16 Å². The van der Waals surface area contributed by atoms with Gasteiger partial charge in [0.25, 0.3) is 11.6 Å². The standard InChI is InChI=1S/C19H22N4O4/c1-11-15-13(9-14(12-3-4-12)21-16(15)27-22-11)17(24)23-7-2-5-19(6-8-23)10-20-18(25)26-19/h9,12H,2-8,10H2,1H3,(H,20,25). The van der Waals surface area contributed by atoms with Gasteiger partial charge in [0.05, 0.1) is 23.2 Å². The van der Waals surface area contributed by atoms with Gasteiger partial charge in [0, 0.05) is 31.1 Å². The molecule has 5 rings (SSSR count). The zero-order valence-corrected chi connectivity index (χ0v) is 15.3. The third-order valence-corrected chi connectivity index (χ3v) is 5.91. The second-order valence-corrected chi connectivity index (χ2v) is 7.89. The number of fused-ring (bicyclic) bond motifs is 1. The van der Waals surface area contributed by atoms with Gasteiger partial charge < -0.3 is 19.5 Å². The maximum Gasteiger partial charge on any atom is 0.407 e. The van der Waals surface area contributed by atoms with E-state index < -0.39 is 5.60 Å². The van der Waals surface area contributed by atoms with Crippen LogP contribution in [0.3, 0.4) is 0 Å². The molecule has 1 atom stereocenters. The molecule has 1 N–H and O–H groups in total. The molecule has 142 valence electrons. The lowest BCUT2D eigenvalue weighted by Gasteiger charge is -2.25. The van der Waals surface area contributed by atoms with Gasteiger partial charge in [-0.2, -0.15) is 0 Å². The number of rotatable bonds is 2. The number of amides is 2. The number of nitrogens with one attached hydrogen (secondary N) is 1. The Hall–Kier alpha value is -2.64. The first-order valence-corrected chi connectivity index (χ1v) is 9.58. The number of hydrogen-bond donors (Lipinski definition) is 1. The van der Waals surface area contributed by atoms with Crippen LogP contribution in [0.4, 0.5) is 4.79 Å². The number of hydrogen-bond acceptors (Lipinski definition) is 6. The summed E-state index contributed by atoms with van der Waals surface area (Å²) in [6.07, 6.45) is 4.05. The number of nitrogens with zero attached hydrogens (tertiary/aromatic N) is 3. The van der Waals surface area contributed by atoms with Crippen molar-refractivity contribution in [3.05, 3.63) is 23.0 Å². The number of carbonyl (C=O) groups is 2. The summed E-state index contributed by atoms with van der Waals surface area (Å²) in [7, 11) is 0. The lowest BCUT2D eigenvalue weighted by atomic mass is 9.95. The number of aromatic nitrogens is 2. The van der Waals surface area contributed by atoms with E-state index >= 15 is 0 Å². The molecule has 2 aromatic heterocycles. The molecule has 3 fully saturated rings. The minimum Gasteiger partial charge on any atom is -0.441 e. The minimum absolute atomic E-state index is 0.0232. The highest BCUT2D eigenvalue weighted by Crippen LogP contribution is 2.41. The van der Waals surface area contributed by atoms with Crippen molar-refractivity contribution in [2.75, 3.05) is 19.6 Å². The van der Waals surface area contributed by atoms with E-state index in [1.54, 1.807) is 0 Å². The molecule has 2 aromatic rings. The molecule has 8 heteroatoms.